The van der Waals surface area contributed by atoms with Gasteiger partial charge in [0.1, 0.15) is 11.5 Å². The van der Waals surface area contributed by atoms with E-state index in [2.05, 4.69) is 89.6 Å². The molecule has 2 aromatic carbocycles. The quantitative estimate of drug-likeness (QED) is 0.192. The second kappa shape index (κ2) is 23.2. The molecule has 4 unspecified atom stereocenters. The van der Waals surface area contributed by atoms with Gasteiger partial charge in [0.15, 0.2) is 0 Å². The molecule has 2 rings (SSSR count). The van der Waals surface area contributed by atoms with Crippen LogP contribution in [0.1, 0.15) is 152 Å². The predicted molar refractivity (Wildman–Crippen MR) is 177 cm³/mol. The van der Waals surface area contributed by atoms with Gasteiger partial charge >= 0.3 is 16.8 Å². The minimum atomic E-state index is -1.08. The largest absolute Gasteiger partial charge is 2.00 e. The molecule has 0 fully saturated rings. The van der Waals surface area contributed by atoms with Gasteiger partial charge in [0, 0.05) is 35.5 Å². The number of hydrogen-bond acceptors (Lipinski definition) is 8. The van der Waals surface area contributed by atoms with Crippen LogP contribution in [0.25, 0.3) is 0 Å². The molecule has 0 spiro atoms. The summed E-state index contributed by atoms with van der Waals surface area (Å²) in [5.41, 5.74) is 6.07. The van der Waals surface area contributed by atoms with E-state index in [0.717, 1.165) is 61.8 Å². The first kappa shape index (κ1) is 44.0. The number of aromatic hydroxyl groups is 2. The number of benzene rings is 2. The number of carbonyl (C=O) groups excluding carboxylic acids is 2. The Morgan fingerprint density at radius 2 is 0.911 bits per heavy atom. The number of rotatable bonds is 13. The fourth-order valence-corrected chi connectivity index (χ4v) is 4.28. The second-order valence-corrected chi connectivity index (χ2v) is 11.4. The van der Waals surface area contributed by atoms with Gasteiger partial charge in [0.05, 0.1) is 13.1 Å². The van der Waals surface area contributed by atoms with Crippen molar-refractivity contribution >= 4 is 24.4 Å². The molecule has 2 N–H and O–H groups in total. The Balaban J connectivity index is 0. The number of carbonyl (C=O) groups is 2. The van der Waals surface area contributed by atoms with Crippen LogP contribution in [0.2, 0.25) is 0 Å². The second-order valence-electron chi connectivity index (χ2n) is 11.4. The topological polar surface area (TPSA) is 145 Å². The zero-order chi connectivity index (χ0) is 34.0. The van der Waals surface area contributed by atoms with Crippen LogP contribution < -0.4 is 10.2 Å². The van der Waals surface area contributed by atoms with E-state index in [-0.39, 0.29) is 16.8 Å². The third-order valence-electron chi connectivity index (χ3n) is 7.85. The molecule has 9 heteroatoms. The van der Waals surface area contributed by atoms with Crippen molar-refractivity contribution in [3.8, 4) is 11.5 Å². The molecule has 0 bridgehead atoms. The molecule has 0 aliphatic heterocycles. The first-order chi connectivity index (χ1) is 20.6. The average molecular weight is 670 g/mol. The summed E-state index contributed by atoms with van der Waals surface area (Å²) in [5, 5.41) is 39.5. The molecule has 0 aromatic heterocycles. The van der Waals surface area contributed by atoms with Crippen LogP contribution in [0.4, 0.5) is 0 Å². The first-order valence-corrected chi connectivity index (χ1v) is 15.7. The first-order valence-electron chi connectivity index (χ1n) is 15.7. The van der Waals surface area contributed by atoms with Gasteiger partial charge in [0.25, 0.3) is 0 Å². The summed E-state index contributed by atoms with van der Waals surface area (Å²) < 4.78 is 0. The van der Waals surface area contributed by atoms with E-state index in [1.165, 1.54) is 11.1 Å². The number of aliphatic carboxylic acids is 2. The van der Waals surface area contributed by atoms with E-state index < -0.39 is 11.9 Å². The summed E-state index contributed by atoms with van der Waals surface area (Å²) in [7, 11) is 0. The third kappa shape index (κ3) is 16.1. The van der Waals surface area contributed by atoms with E-state index in [1.54, 1.807) is 12.4 Å². The Morgan fingerprint density at radius 1 is 0.644 bits per heavy atom. The number of carboxylic acid groups (broad SMARTS) is 2. The molecule has 4 atom stereocenters. The molecular weight excluding hydrogens is 615 g/mol. The number of phenols is 2. The van der Waals surface area contributed by atoms with Gasteiger partial charge in [0.2, 0.25) is 0 Å². The summed E-state index contributed by atoms with van der Waals surface area (Å²) >= 11 is 0. The average Bonchev–Trinajstić information content (AvgIpc) is 2.97. The summed E-state index contributed by atoms with van der Waals surface area (Å²) in [6.07, 6.45) is 7.63. The van der Waals surface area contributed by atoms with Crippen molar-refractivity contribution in [2.75, 3.05) is 13.1 Å². The molecule has 0 heterocycles. The Hall–Kier alpha value is -3.17. The van der Waals surface area contributed by atoms with Crippen molar-refractivity contribution in [2.45, 2.75) is 119 Å². The SMILES string of the molecule is CC(=O)[O-].CC(=O)[O-].CCC(C)c1cc(C=NCCN=Cc2cc(C(C)CC)cc(C(C)CC)c2O)c(O)c(C(C)CC)c1.[Co+2]. The molecule has 8 nitrogen and oxygen atoms in total. The molecular formula is C36H54CoN2O6. The number of aliphatic imine (C=N–C) groups is 2. The van der Waals surface area contributed by atoms with Gasteiger partial charge in [-0.05, 0) is 97.6 Å². The van der Waals surface area contributed by atoms with E-state index in [4.69, 9.17) is 19.8 Å². The fraction of sp³-hybridized carbons (Fsp3) is 0.556. The van der Waals surface area contributed by atoms with Gasteiger partial charge in [-0.1, -0.05) is 67.5 Å². The maximum atomic E-state index is 10.9. The summed E-state index contributed by atoms with van der Waals surface area (Å²) in [5.74, 6) is -0.0235. The summed E-state index contributed by atoms with van der Waals surface area (Å²) in [4.78, 5) is 26.9. The van der Waals surface area contributed by atoms with E-state index in [1.807, 2.05) is 0 Å². The number of carboxylic acids is 2. The molecule has 2 aromatic rings. The van der Waals surface area contributed by atoms with Gasteiger partial charge in [-0.2, -0.15) is 0 Å². The van der Waals surface area contributed by atoms with E-state index in [9.17, 15) is 10.2 Å². The van der Waals surface area contributed by atoms with Crippen LogP contribution in [0.5, 0.6) is 11.5 Å². The Kier molecular flexibility index (Phi) is 22.7. The molecule has 0 saturated heterocycles. The maximum Gasteiger partial charge on any atom is 2.00 e. The van der Waals surface area contributed by atoms with Crippen LogP contribution in [0.3, 0.4) is 0 Å². The molecule has 0 saturated carbocycles. The minimum absolute atomic E-state index is 0. The van der Waals surface area contributed by atoms with Crippen LogP contribution in [0.15, 0.2) is 34.3 Å². The van der Waals surface area contributed by atoms with Crippen molar-refractivity contribution in [2.24, 2.45) is 9.98 Å². The van der Waals surface area contributed by atoms with Gasteiger partial charge < -0.3 is 30.0 Å². The maximum absolute atomic E-state index is 10.9. The van der Waals surface area contributed by atoms with Gasteiger partial charge in [-0.25, -0.2) is 0 Å². The summed E-state index contributed by atoms with van der Waals surface area (Å²) in [6.45, 7) is 20.4. The Bertz CT molecular complexity index is 1140. The number of nitrogens with zero attached hydrogens (tertiary/aromatic N) is 2. The van der Waals surface area contributed by atoms with Crippen molar-refractivity contribution in [3.63, 3.8) is 0 Å². The minimum Gasteiger partial charge on any atom is -0.550 e. The molecule has 45 heavy (non-hydrogen) atoms. The van der Waals surface area contributed by atoms with Crippen molar-refractivity contribution in [1.29, 1.82) is 0 Å². The molecule has 0 aliphatic carbocycles. The molecule has 253 valence electrons. The van der Waals surface area contributed by atoms with Gasteiger partial charge in [-0.15, -0.1) is 0 Å². The van der Waals surface area contributed by atoms with Crippen LogP contribution in [0, 0.1) is 0 Å². The van der Waals surface area contributed by atoms with Crippen molar-refractivity contribution < 1.29 is 46.8 Å². The standard InChI is InChI=1S/C32H48N2O2.2C2H4O2.Co/c1-9-21(5)25-15-27(31(35)29(17-25)23(7)11-3)19-33-13-14-34-20-28-16-26(22(6)10-2)18-30(32(28)36)24(8)12-4;2*1-2(3)4;/h15-24,35-36H,9-14H2,1-8H3;2*1H3,(H,3,4);/q;;;+2/p-2. The third-order valence-corrected chi connectivity index (χ3v) is 7.85. The molecule has 0 amide bonds. The van der Waals surface area contributed by atoms with Crippen LogP contribution in [-0.2, 0) is 26.4 Å². The van der Waals surface area contributed by atoms with Crippen LogP contribution >= 0.6 is 0 Å². The monoisotopic (exact) mass is 669 g/mol. The molecule has 0 aliphatic rings. The number of phenolic OH excluding ortho intramolecular Hbond substituents is 2. The Morgan fingerprint density at radius 3 is 1.16 bits per heavy atom. The molecule has 1 radical (unpaired) electrons. The number of hydrogen-bond donors (Lipinski definition) is 2. The zero-order valence-electron chi connectivity index (χ0n) is 28.8. The van der Waals surface area contributed by atoms with Gasteiger partial charge in [-0.3, -0.25) is 9.98 Å². The Labute approximate surface area is 281 Å². The predicted octanol–water partition coefficient (Wildman–Crippen LogP) is 6.20. The fourth-order valence-electron chi connectivity index (χ4n) is 4.28. The summed E-state index contributed by atoms with van der Waals surface area (Å²) in [6, 6.07) is 8.45. The van der Waals surface area contributed by atoms with Crippen molar-refractivity contribution in [1.82, 2.24) is 0 Å². The van der Waals surface area contributed by atoms with Crippen LogP contribution in [-0.4, -0.2) is 47.7 Å². The van der Waals surface area contributed by atoms with E-state index >= 15 is 0 Å². The van der Waals surface area contributed by atoms with Crippen molar-refractivity contribution in [3.05, 3.63) is 57.6 Å². The van der Waals surface area contributed by atoms with E-state index in [0.29, 0.717) is 48.3 Å². The zero-order valence-corrected chi connectivity index (χ0v) is 29.8. The smallest absolute Gasteiger partial charge is 0.550 e. The normalized spacial score (nSPS) is 13.5.